The topological polar surface area (TPSA) is 56.9 Å². The molecule has 1 unspecified atom stereocenters. The minimum Gasteiger partial charge on any atom is -0.361 e. The number of carbonyl (C=O) groups excluding carboxylic acids is 1. The van der Waals surface area contributed by atoms with Crippen molar-refractivity contribution in [3.05, 3.63) is 65.4 Å². The van der Waals surface area contributed by atoms with Crippen LogP contribution in [0.2, 0.25) is 0 Å². The quantitative estimate of drug-likeness (QED) is 0.581. The summed E-state index contributed by atoms with van der Waals surface area (Å²) < 4.78 is 0. The first-order valence-electron chi connectivity index (χ1n) is 9.19. The molecular weight excluding hydrogens is 322 g/mol. The first-order chi connectivity index (χ1) is 12.4. The van der Waals surface area contributed by atoms with Crippen LogP contribution in [-0.4, -0.2) is 11.0 Å². The number of aromatic amines is 1. The summed E-state index contributed by atoms with van der Waals surface area (Å²) in [5.41, 5.74) is 5.93. The van der Waals surface area contributed by atoms with Crippen molar-refractivity contribution in [3.63, 3.8) is 0 Å². The second-order valence-corrected chi connectivity index (χ2v) is 8.10. The number of aromatic nitrogens is 1. The Hall–Kier alpha value is -2.75. The summed E-state index contributed by atoms with van der Waals surface area (Å²) >= 11 is 0. The SMILES string of the molecule is CC(C)(C)c1ccc2c(c1)CCC2NC(=O)Nc1cccc2[nH]ccc12. The number of benzene rings is 2. The summed E-state index contributed by atoms with van der Waals surface area (Å²) in [6.07, 6.45) is 3.84. The number of anilines is 1. The number of rotatable bonds is 2. The van der Waals surface area contributed by atoms with Crippen LogP contribution >= 0.6 is 0 Å². The fraction of sp³-hybridized carbons (Fsp3) is 0.318. The molecule has 4 rings (SSSR count). The van der Waals surface area contributed by atoms with Crippen LogP contribution in [0.4, 0.5) is 10.5 Å². The van der Waals surface area contributed by atoms with Gasteiger partial charge in [-0.05, 0) is 53.1 Å². The van der Waals surface area contributed by atoms with Crippen LogP contribution < -0.4 is 10.6 Å². The Morgan fingerprint density at radius 1 is 1.15 bits per heavy atom. The zero-order valence-corrected chi connectivity index (χ0v) is 15.5. The van der Waals surface area contributed by atoms with Gasteiger partial charge in [0, 0.05) is 17.1 Å². The summed E-state index contributed by atoms with van der Waals surface area (Å²) in [6.45, 7) is 6.69. The standard InChI is InChI=1S/C22H25N3O/c1-22(2,3)15-8-9-16-14(13-15)7-10-20(16)25-21(26)24-19-6-4-5-18-17(19)11-12-23-18/h4-6,8-9,11-13,20,23H,7,10H2,1-3H3,(H2,24,25,26). The minimum absolute atomic E-state index is 0.0736. The Labute approximate surface area is 154 Å². The molecule has 2 amide bonds. The van der Waals surface area contributed by atoms with E-state index in [0.717, 1.165) is 29.4 Å². The molecule has 26 heavy (non-hydrogen) atoms. The number of aryl methyl sites for hydroxylation is 1. The zero-order chi connectivity index (χ0) is 18.3. The minimum atomic E-state index is -0.156. The van der Waals surface area contributed by atoms with Crippen molar-refractivity contribution in [2.24, 2.45) is 0 Å². The van der Waals surface area contributed by atoms with Crippen LogP contribution in [-0.2, 0) is 11.8 Å². The monoisotopic (exact) mass is 347 g/mol. The van der Waals surface area contributed by atoms with Gasteiger partial charge in [-0.1, -0.05) is 45.0 Å². The second-order valence-electron chi connectivity index (χ2n) is 8.10. The molecule has 1 atom stereocenters. The van der Waals surface area contributed by atoms with E-state index < -0.39 is 0 Å². The van der Waals surface area contributed by atoms with E-state index in [2.05, 4.69) is 54.6 Å². The van der Waals surface area contributed by atoms with Gasteiger partial charge < -0.3 is 15.6 Å². The lowest BCUT2D eigenvalue weighted by molar-refractivity contribution is 0.248. The van der Waals surface area contributed by atoms with E-state index in [9.17, 15) is 4.79 Å². The molecule has 1 aliphatic carbocycles. The molecule has 1 heterocycles. The predicted octanol–water partition coefficient (Wildman–Crippen LogP) is 5.27. The van der Waals surface area contributed by atoms with Gasteiger partial charge in [0.1, 0.15) is 0 Å². The van der Waals surface area contributed by atoms with Crippen molar-refractivity contribution in [2.45, 2.75) is 45.1 Å². The molecule has 0 saturated carbocycles. The number of H-pyrrole nitrogens is 1. The number of urea groups is 1. The normalized spacial score (nSPS) is 16.5. The largest absolute Gasteiger partial charge is 0.361 e. The van der Waals surface area contributed by atoms with E-state index >= 15 is 0 Å². The van der Waals surface area contributed by atoms with Crippen molar-refractivity contribution < 1.29 is 4.79 Å². The maximum absolute atomic E-state index is 12.5. The van der Waals surface area contributed by atoms with E-state index in [1.807, 2.05) is 30.5 Å². The predicted molar refractivity (Wildman–Crippen MR) is 107 cm³/mol. The second kappa shape index (κ2) is 6.20. The number of hydrogen-bond acceptors (Lipinski definition) is 1. The molecule has 4 heteroatoms. The zero-order valence-electron chi connectivity index (χ0n) is 15.5. The molecule has 1 aromatic heterocycles. The van der Waals surface area contributed by atoms with Gasteiger partial charge in [-0.25, -0.2) is 4.79 Å². The van der Waals surface area contributed by atoms with Crippen molar-refractivity contribution in [1.29, 1.82) is 0 Å². The molecule has 2 aromatic carbocycles. The number of amides is 2. The summed E-state index contributed by atoms with van der Waals surface area (Å²) in [7, 11) is 0. The fourth-order valence-corrected chi connectivity index (χ4v) is 3.75. The Balaban J connectivity index is 1.49. The summed E-state index contributed by atoms with van der Waals surface area (Å²) in [4.78, 5) is 15.7. The maximum atomic E-state index is 12.5. The van der Waals surface area contributed by atoms with Crippen LogP contribution in [0.3, 0.4) is 0 Å². The lowest BCUT2D eigenvalue weighted by Gasteiger charge is -2.21. The molecule has 134 valence electrons. The first-order valence-corrected chi connectivity index (χ1v) is 9.19. The summed E-state index contributed by atoms with van der Waals surface area (Å²) in [5, 5.41) is 7.15. The van der Waals surface area contributed by atoms with Gasteiger partial charge in [0.15, 0.2) is 0 Å². The molecule has 3 N–H and O–H groups in total. The molecule has 4 nitrogen and oxygen atoms in total. The van der Waals surface area contributed by atoms with Crippen molar-refractivity contribution >= 4 is 22.6 Å². The number of nitrogens with one attached hydrogen (secondary N) is 3. The van der Waals surface area contributed by atoms with Crippen molar-refractivity contribution in [3.8, 4) is 0 Å². The highest BCUT2D eigenvalue weighted by atomic mass is 16.2. The van der Waals surface area contributed by atoms with E-state index in [-0.39, 0.29) is 17.5 Å². The Morgan fingerprint density at radius 3 is 2.81 bits per heavy atom. The summed E-state index contributed by atoms with van der Waals surface area (Å²) in [5.74, 6) is 0. The summed E-state index contributed by atoms with van der Waals surface area (Å²) in [6, 6.07) is 14.4. The molecule has 0 aliphatic heterocycles. The highest BCUT2D eigenvalue weighted by molar-refractivity contribution is 6.00. The van der Waals surface area contributed by atoms with Crippen molar-refractivity contribution in [1.82, 2.24) is 10.3 Å². The Morgan fingerprint density at radius 2 is 2.00 bits per heavy atom. The van der Waals surface area contributed by atoms with Crippen LogP contribution in [0.1, 0.15) is 49.9 Å². The molecule has 0 radical (unpaired) electrons. The molecule has 0 saturated heterocycles. The van der Waals surface area contributed by atoms with E-state index in [0.29, 0.717) is 0 Å². The Kier molecular flexibility index (Phi) is 3.98. The van der Waals surface area contributed by atoms with Crippen LogP contribution in [0.25, 0.3) is 10.9 Å². The van der Waals surface area contributed by atoms with E-state index in [4.69, 9.17) is 0 Å². The molecule has 0 fully saturated rings. The van der Waals surface area contributed by atoms with Gasteiger partial charge in [0.2, 0.25) is 0 Å². The highest BCUT2D eigenvalue weighted by Gasteiger charge is 2.26. The van der Waals surface area contributed by atoms with Gasteiger partial charge in [0.05, 0.1) is 11.7 Å². The molecular formula is C22H25N3O. The van der Waals surface area contributed by atoms with Gasteiger partial charge in [-0.15, -0.1) is 0 Å². The number of carbonyl (C=O) groups is 1. The Bertz CT molecular complexity index is 965. The third-order valence-corrected chi connectivity index (χ3v) is 5.24. The highest BCUT2D eigenvalue weighted by Crippen LogP contribution is 2.34. The van der Waals surface area contributed by atoms with Crippen LogP contribution in [0.5, 0.6) is 0 Å². The van der Waals surface area contributed by atoms with Gasteiger partial charge in [-0.2, -0.15) is 0 Å². The molecule has 0 spiro atoms. The lowest BCUT2D eigenvalue weighted by Crippen LogP contribution is -2.31. The lowest BCUT2D eigenvalue weighted by atomic mass is 9.85. The van der Waals surface area contributed by atoms with Crippen molar-refractivity contribution in [2.75, 3.05) is 5.32 Å². The molecule has 0 bridgehead atoms. The van der Waals surface area contributed by atoms with Gasteiger partial charge in [0.25, 0.3) is 0 Å². The molecule has 1 aliphatic rings. The third kappa shape index (κ3) is 3.07. The van der Waals surface area contributed by atoms with E-state index in [1.165, 1.54) is 16.7 Å². The number of fused-ring (bicyclic) bond motifs is 2. The molecule has 3 aromatic rings. The van der Waals surface area contributed by atoms with Gasteiger partial charge >= 0.3 is 6.03 Å². The average molecular weight is 347 g/mol. The number of hydrogen-bond donors (Lipinski definition) is 3. The van der Waals surface area contributed by atoms with Crippen LogP contribution in [0.15, 0.2) is 48.7 Å². The smallest absolute Gasteiger partial charge is 0.319 e. The first kappa shape index (κ1) is 16.7. The van der Waals surface area contributed by atoms with Crippen LogP contribution in [0, 0.1) is 0 Å². The van der Waals surface area contributed by atoms with E-state index in [1.54, 1.807) is 0 Å². The fourth-order valence-electron chi connectivity index (χ4n) is 3.75. The third-order valence-electron chi connectivity index (χ3n) is 5.24. The average Bonchev–Trinajstić information content (AvgIpc) is 3.21. The maximum Gasteiger partial charge on any atom is 0.319 e. The van der Waals surface area contributed by atoms with Gasteiger partial charge in [-0.3, -0.25) is 0 Å².